The van der Waals surface area contributed by atoms with Gasteiger partial charge in [0.25, 0.3) is 0 Å². The zero-order valence-corrected chi connectivity index (χ0v) is 13.9. The maximum atomic E-state index is 10.4. The number of halogens is 2. The minimum absolute atomic E-state index is 0.648. The Hall–Kier alpha value is -0.360. The van der Waals surface area contributed by atoms with Gasteiger partial charge in [-0.15, -0.1) is 11.3 Å². The summed E-state index contributed by atoms with van der Waals surface area (Å²) in [6, 6.07) is 5.79. The first-order valence-corrected chi connectivity index (χ1v) is 7.75. The van der Waals surface area contributed by atoms with Gasteiger partial charge in [-0.25, -0.2) is 0 Å². The van der Waals surface area contributed by atoms with Gasteiger partial charge in [0.2, 0.25) is 0 Å². The fourth-order valence-electron chi connectivity index (χ4n) is 1.61. The van der Waals surface area contributed by atoms with Crippen molar-refractivity contribution in [3.8, 4) is 5.75 Å². The van der Waals surface area contributed by atoms with Crippen LogP contribution in [0.3, 0.4) is 0 Å². The van der Waals surface area contributed by atoms with Crippen LogP contribution in [-0.4, -0.2) is 12.2 Å². The van der Waals surface area contributed by atoms with Crippen molar-refractivity contribution in [1.29, 1.82) is 0 Å². The average molecular weight is 392 g/mol. The van der Waals surface area contributed by atoms with Crippen molar-refractivity contribution in [2.75, 3.05) is 7.11 Å². The van der Waals surface area contributed by atoms with Gasteiger partial charge in [0, 0.05) is 24.8 Å². The quantitative estimate of drug-likeness (QED) is 0.823. The fourth-order valence-corrected chi connectivity index (χ4v) is 3.50. The van der Waals surface area contributed by atoms with Gasteiger partial charge in [-0.3, -0.25) is 0 Å². The Morgan fingerprint density at radius 3 is 2.56 bits per heavy atom. The van der Waals surface area contributed by atoms with Gasteiger partial charge in [-0.2, -0.15) is 0 Å². The first-order chi connectivity index (χ1) is 8.52. The summed E-state index contributed by atoms with van der Waals surface area (Å²) in [5.41, 5.74) is 1.97. The average Bonchev–Trinajstić information content (AvgIpc) is 2.81. The third-order valence-corrected chi connectivity index (χ3v) is 5.18. The van der Waals surface area contributed by atoms with E-state index in [1.807, 2.05) is 30.5 Å². The monoisotopic (exact) mass is 390 g/mol. The number of rotatable bonds is 3. The van der Waals surface area contributed by atoms with E-state index >= 15 is 0 Å². The normalized spacial score (nSPS) is 12.5. The van der Waals surface area contributed by atoms with E-state index in [1.54, 1.807) is 7.11 Å². The predicted octanol–water partition coefficient (Wildman–Crippen LogP) is 4.67. The Morgan fingerprint density at radius 2 is 1.94 bits per heavy atom. The molecule has 1 aromatic heterocycles. The molecule has 0 saturated heterocycles. The predicted molar refractivity (Wildman–Crippen MR) is 81.5 cm³/mol. The van der Waals surface area contributed by atoms with Gasteiger partial charge < -0.3 is 9.84 Å². The summed E-state index contributed by atoms with van der Waals surface area (Å²) in [5, 5.41) is 12.3. The van der Waals surface area contributed by atoms with Crippen LogP contribution >= 0.6 is 43.2 Å². The highest BCUT2D eigenvalue weighted by atomic mass is 79.9. The summed E-state index contributed by atoms with van der Waals surface area (Å²) >= 11 is 8.47. The molecule has 1 unspecified atom stereocenters. The number of hydrogen-bond donors (Lipinski definition) is 1. The summed E-state index contributed by atoms with van der Waals surface area (Å²) in [5.74, 6) is 0.774. The first kappa shape index (κ1) is 14.1. The standard InChI is InChI=1S/C13H12Br2O2S/c1-7-3-11(15)9(5-10(7)14)13(16)12-4-8(17-2)6-18-12/h3-6,13,16H,1-2H3. The second kappa shape index (κ2) is 5.74. The fraction of sp³-hybridized carbons (Fsp3) is 0.231. The molecular formula is C13H12Br2O2S. The smallest absolute Gasteiger partial charge is 0.129 e. The summed E-state index contributed by atoms with van der Waals surface area (Å²) in [4.78, 5) is 0.864. The number of hydrogen-bond acceptors (Lipinski definition) is 3. The van der Waals surface area contributed by atoms with Crippen LogP contribution in [0.2, 0.25) is 0 Å². The van der Waals surface area contributed by atoms with Crippen LogP contribution in [0.5, 0.6) is 5.75 Å². The molecular weight excluding hydrogens is 380 g/mol. The largest absolute Gasteiger partial charge is 0.496 e. The molecule has 0 radical (unpaired) electrons. The SMILES string of the molecule is COc1csc(C(O)c2cc(Br)c(C)cc2Br)c1. The van der Waals surface area contributed by atoms with E-state index in [0.717, 1.165) is 30.7 Å². The summed E-state index contributed by atoms with van der Waals surface area (Å²) in [6.45, 7) is 2.01. The van der Waals surface area contributed by atoms with Crippen LogP contribution in [0.15, 0.2) is 32.5 Å². The summed E-state index contributed by atoms with van der Waals surface area (Å²) < 4.78 is 7.03. The third-order valence-electron chi connectivity index (χ3n) is 2.67. The number of aryl methyl sites for hydroxylation is 1. The van der Waals surface area contributed by atoms with Gasteiger partial charge in [0.15, 0.2) is 0 Å². The second-order valence-corrected chi connectivity index (χ2v) is 6.57. The van der Waals surface area contributed by atoms with Crippen molar-refractivity contribution in [2.45, 2.75) is 13.0 Å². The molecule has 0 aliphatic rings. The van der Waals surface area contributed by atoms with Crippen molar-refractivity contribution in [1.82, 2.24) is 0 Å². The van der Waals surface area contributed by atoms with Gasteiger partial charge >= 0.3 is 0 Å². The second-order valence-electron chi connectivity index (χ2n) is 3.91. The lowest BCUT2D eigenvalue weighted by Gasteiger charge is -2.13. The highest BCUT2D eigenvalue weighted by Gasteiger charge is 2.17. The minimum atomic E-state index is -0.648. The van der Waals surface area contributed by atoms with Crippen LogP contribution in [0.4, 0.5) is 0 Å². The van der Waals surface area contributed by atoms with Crippen LogP contribution in [0.25, 0.3) is 0 Å². The summed E-state index contributed by atoms with van der Waals surface area (Å²) in [6.07, 6.45) is -0.648. The molecule has 1 N–H and O–H groups in total. The zero-order valence-electron chi connectivity index (χ0n) is 9.91. The molecule has 0 aliphatic carbocycles. The van der Waals surface area contributed by atoms with E-state index in [4.69, 9.17) is 4.74 Å². The van der Waals surface area contributed by atoms with E-state index in [1.165, 1.54) is 11.3 Å². The molecule has 2 aromatic rings. The van der Waals surface area contributed by atoms with E-state index < -0.39 is 6.10 Å². The lowest BCUT2D eigenvalue weighted by atomic mass is 10.1. The number of thiophene rings is 1. The summed E-state index contributed by atoms with van der Waals surface area (Å²) in [7, 11) is 1.62. The van der Waals surface area contributed by atoms with Crippen molar-refractivity contribution >= 4 is 43.2 Å². The van der Waals surface area contributed by atoms with Gasteiger partial charge in [0.1, 0.15) is 11.9 Å². The molecule has 5 heteroatoms. The highest BCUT2D eigenvalue weighted by molar-refractivity contribution is 9.11. The molecule has 0 fully saturated rings. The van der Waals surface area contributed by atoms with E-state index in [2.05, 4.69) is 31.9 Å². The number of benzene rings is 1. The Labute approximate surface area is 127 Å². The van der Waals surface area contributed by atoms with Crippen molar-refractivity contribution < 1.29 is 9.84 Å². The highest BCUT2D eigenvalue weighted by Crippen LogP contribution is 2.36. The molecule has 1 aromatic carbocycles. The lowest BCUT2D eigenvalue weighted by molar-refractivity contribution is 0.223. The maximum absolute atomic E-state index is 10.4. The van der Waals surface area contributed by atoms with Crippen LogP contribution < -0.4 is 4.74 Å². The lowest BCUT2D eigenvalue weighted by Crippen LogP contribution is -1.99. The Morgan fingerprint density at radius 1 is 1.22 bits per heavy atom. The Bertz CT molecular complexity index is 566. The molecule has 0 bridgehead atoms. The van der Waals surface area contributed by atoms with Crippen LogP contribution in [-0.2, 0) is 0 Å². The topological polar surface area (TPSA) is 29.5 Å². The number of aliphatic hydroxyl groups is 1. The molecule has 96 valence electrons. The van der Waals surface area contributed by atoms with Crippen LogP contribution in [0, 0.1) is 6.92 Å². The number of methoxy groups -OCH3 is 1. The Balaban J connectivity index is 2.39. The van der Waals surface area contributed by atoms with Crippen molar-refractivity contribution in [3.63, 3.8) is 0 Å². The molecule has 1 heterocycles. The van der Waals surface area contributed by atoms with E-state index in [0.29, 0.717) is 0 Å². The molecule has 0 amide bonds. The molecule has 1 atom stereocenters. The van der Waals surface area contributed by atoms with Crippen molar-refractivity contribution in [3.05, 3.63) is 48.5 Å². The van der Waals surface area contributed by atoms with E-state index in [-0.39, 0.29) is 0 Å². The third kappa shape index (κ3) is 2.79. The van der Waals surface area contributed by atoms with Crippen molar-refractivity contribution in [2.24, 2.45) is 0 Å². The van der Waals surface area contributed by atoms with Gasteiger partial charge in [0.05, 0.1) is 7.11 Å². The zero-order chi connectivity index (χ0) is 13.3. The van der Waals surface area contributed by atoms with Gasteiger partial charge in [-0.05, 0) is 30.7 Å². The molecule has 18 heavy (non-hydrogen) atoms. The maximum Gasteiger partial charge on any atom is 0.129 e. The molecule has 2 nitrogen and oxygen atoms in total. The van der Waals surface area contributed by atoms with E-state index in [9.17, 15) is 5.11 Å². The van der Waals surface area contributed by atoms with Gasteiger partial charge in [-0.1, -0.05) is 31.9 Å². The Kier molecular flexibility index (Phi) is 4.48. The first-order valence-electron chi connectivity index (χ1n) is 5.29. The molecule has 0 saturated carbocycles. The molecule has 0 aliphatic heterocycles. The molecule has 2 rings (SSSR count). The number of aliphatic hydroxyl groups excluding tert-OH is 1. The van der Waals surface area contributed by atoms with Crippen LogP contribution in [0.1, 0.15) is 22.1 Å². The number of ether oxygens (including phenoxy) is 1. The molecule has 0 spiro atoms. The minimum Gasteiger partial charge on any atom is -0.496 e.